The lowest BCUT2D eigenvalue weighted by atomic mass is 10.1. The number of nitrogens with one attached hydrogen (secondary N) is 2. The minimum absolute atomic E-state index is 0.183. The molecule has 2 heterocycles. The van der Waals surface area contributed by atoms with Crippen molar-refractivity contribution in [1.29, 1.82) is 0 Å². The van der Waals surface area contributed by atoms with Gasteiger partial charge in [0, 0.05) is 28.7 Å². The van der Waals surface area contributed by atoms with E-state index in [-0.39, 0.29) is 18.5 Å². The second-order valence-corrected chi connectivity index (χ2v) is 7.44. The van der Waals surface area contributed by atoms with Crippen molar-refractivity contribution >= 4 is 17.2 Å². The molecular formula is C19H20F2N4OS. The van der Waals surface area contributed by atoms with Gasteiger partial charge in [0.05, 0.1) is 11.1 Å². The summed E-state index contributed by atoms with van der Waals surface area (Å²) in [5, 5.41) is 9.79. The van der Waals surface area contributed by atoms with Crippen molar-refractivity contribution in [2.24, 2.45) is 5.73 Å². The van der Waals surface area contributed by atoms with Gasteiger partial charge < -0.3 is 11.1 Å². The highest BCUT2D eigenvalue weighted by Gasteiger charge is 2.19. The molecule has 0 aliphatic carbocycles. The Kier molecular flexibility index (Phi) is 5.67. The van der Waals surface area contributed by atoms with Crippen LogP contribution in [0.4, 0.5) is 8.78 Å². The first-order chi connectivity index (χ1) is 12.9. The number of carbonyl (C=O) groups is 1. The van der Waals surface area contributed by atoms with Gasteiger partial charge in [0.2, 0.25) is 0 Å². The summed E-state index contributed by atoms with van der Waals surface area (Å²) < 4.78 is 26.4. The second-order valence-electron chi connectivity index (χ2n) is 6.39. The number of benzene rings is 1. The number of rotatable bonds is 6. The molecule has 0 radical (unpaired) electrons. The number of hydrogen-bond acceptors (Lipinski definition) is 4. The zero-order valence-corrected chi connectivity index (χ0v) is 15.8. The summed E-state index contributed by atoms with van der Waals surface area (Å²) in [6.07, 6.45) is 2.05. The van der Waals surface area contributed by atoms with Crippen LogP contribution < -0.4 is 11.1 Å². The third-order valence-corrected chi connectivity index (χ3v) is 5.57. The lowest BCUT2D eigenvalue weighted by molar-refractivity contribution is 0.0942. The van der Waals surface area contributed by atoms with Crippen LogP contribution in [-0.4, -0.2) is 28.7 Å². The van der Waals surface area contributed by atoms with E-state index in [4.69, 9.17) is 5.73 Å². The van der Waals surface area contributed by atoms with Crippen molar-refractivity contribution in [3.05, 3.63) is 63.8 Å². The molecule has 0 aliphatic rings. The summed E-state index contributed by atoms with van der Waals surface area (Å²) in [7, 11) is 0. The third-order valence-electron chi connectivity index (χ3n) is 4.30. The van der Waals surface area contributed by atoms with E-state index in [0.29, 0.717) is 16.9 Å². The van der Waals surface area contributed by atoms with Crippen LogP contribution in [0.2, 0.25) is 0 Å². The minimum Gasteiger partial charge on any atom is -0.347 e. The van der Waals surface area contributed by atoms with Crippen molar-refractivity contribution < 1.29 is 13.6 Å². The molecule has 0 fully saturated rings. The topological polar surface area (TPSA) is 83.8 Å². The van der Waals surface area contributed by atoms with Crippen LogP contribution in [0, 0.1) is 25.5 Å². The van der Waals surface area contributed by atoms with Gasteiger partial charge in [0.15, 0.2) is 11.6 Å². The van der Waals surface area contributed by atoms with Crippen LogP contribution in [0.5, 0.6) is 0 Å². The Morgan fingerprint density at radius 2 is 2.07 bits per heavy atom. The molecule has 0 unspecified atom stereocenters. The molecular weight excluding hydrogens is 370 g/mol. The highest BCUT2D eigenvalue weighted by Crippen LogP contribution is 2.33. The Bertz CT molecular complexity index is 967. The molecule has 5 nitrogen and oxygen atoms in total. The number of H-pyrrole nitrogens is 1. The van der Waals surface area contributed by atoms with Crippen LogP contribution in [0.1, 0.15) is 26.5 Å². The van der Waals surface area contributed by atoms with E-state index in [9.17, 15) is 13.6 Å². The van der Waals surface area contributed by atoms with Gasteiger partial charge in [-0.25, -0.2) is 8.78 Å². The molecule has 0 spiro atoms. The zero-order valence-electron chi connectivity index (χ0n) is 15.0. The summed E-state index contributed by atoms with van der Waals surface area (Å²) in [6.45, 7) is 4.05. The van der Waals surface area contributed by atoms with E-state index in [1.807, 2.05) is 19.9 Å². The highest BCUT2D eigenvalue weighted by atomic mass is 32.1. The third kappa shape index (κ3) is 4.23. The Labute approximate surface area is 159 Å². The van der Waals surface area contributed by atoms with Crippen LogP contribution in [0.15, 0.2) is 30.5 Å². The smallest absolute Gasteiger partial charge is 0.261 e. The average molecular weight is 390 g/mol. The van der Waals surface area contributed by atoms with Crippen molar-refractivity contribution in [3.8, 4) is 10.4 Å². The predicted octanol–water partition coefficient (Wildman–Crippen LogP) is 3.33. The fraction of sp³-hybridized carbons (Fsp3) is 0.263. The van der Waals surface area contributed by atoms with Crippen LogP contribution >= 0.6 is 11.3 Å². The van der Waals surface area contributed by atoms with Gasteiger partial charge in [-0.05, 0) is 49.6 Å². The monoisotopic (exact) mass is 390 g/mol. The van der Waals surface area contributed by atoms with E-state index < -0.39 is 11.6 Å². The number of aromatic nitrogens is 2. The van der Waals surface area contributed by atoms with Crippen LogP contribution in [0.25, 0.3) is 10.4 Å². The van der Waals surface area contributed by atoms with Gasteiger partial charge in [-0.3, -0.25) is 9.89 Å². The van der Waals surface area contributed by atoms with Crippen LogP contribution in [0.3, 0.4) is 0 Å². The molecule has 1 amide bonds. The lowest BCUT2D eigenvalue weighted by Crippen LogP contribution is -2.41. The Hall–Kier alpha value is -2.58. The summed E-state index contributed by atoms with van der Waals surface area (Å²) in [5.74, 6) is -2.06. The molecule has 0 aliphatic heterocycles. The molecule has 3 rings (SSSR count). The van der Waals surface area contributed by atoms with E-state index in [1.165, 1.54) is 17.4 Å². The maximum atomic E-state index is 13.4. The number of hydrogen-bond donors (Lipinski definition) is 3. The number of nitrogens with zero attached hydrogens (tertiary/aromatic N) is 1. The number of halogens is 2. The number of aryl methyl sites for hydroxylation is 2. The van der Waals surface area contributed by atoms with E-state index >= 15 is 0 Å². The molecule has 27 heavy (non-hydrogen) atoms. The Morgan fingerprint density at radius 3 is 2.70 bits per heavy atom. The summed E-state index contributed by atoms with van der Waals surface area (Å²) in [6, 6.07) is 5.13. The molecule has 0 bridgehead atoms. The van der Waals surface area contributed by atoms with Gasteiger partial charge in [0.1, 0.15) is 0 Å². The molecule has 1 aromatic carbocycles. The van der Waals surface area contributed by atoms with Gasteiger partial charge in [0.25, 0.3) is 5.91 Å². The van der Waals surface area contributed by atoms with E-state index in [0.717, 1.165) is 33.8 Å². The maximum Gasteiger partial charge on any atom is 0.261 e. The summed E-state index contributed by atoms with van der Waals surface area (Å²) in [4.78, 5) is 14.2. The van der Waals surface area contributed by atoms with Gasteiger partial charge in [-0.15, -0.1) is 11.3 Å². The van der Waals surface area contributed by atoms with Gasteiger partial charge in [-0.2, -0.15) is 5.10 Å². The van der Waals surface area contributed by atoms with Crippen molar-refractivity contribution in [2.45, 2.75) is 26.3 Å². The molecule has 2 aromatic heterocycles. The van der Waals surface area contributed by atoms with E-state index in [1.54, 1.807) is 6.20 Å². The van der Waals surface area contributed by atoms with Crippen molar-refractivity contribution in [3.63, 3.8) is 0 Å². The summed E-state index contributed by atoms with van der Waals surface area (Å²) >= 11 is 1.38. The largest absolute Gasteiger partial charge is 0.347 e. The normalized spacial score (nSPS) is 12.2. The first-order valence-electron chi connectivity index (χ1n) is 8.44. The van der Waals surface area contributed by atoms with E-state index in [2.05, 4.69) is 15.5 Å². The molecule has 142 valence electrons. The Morgan fingerprint density at radius 1 is 1.30 bits per heavy atom. The summed E-state index contributed by atoms with van der Waals surface area (Å²) in [5.41, 5.74) is 9.21. The standard InChI is InChI=1S/C19H20F2N4OS/c1-10-5-17(27-18(10)14-9-23-25-11(14)2)19(26)24-13(8-22)6-12-3-4-15(20)16(21)7-12/h3-5,7,9,13H,6,8,22H2,1-2H3,(H,23,25)(H,24,26)/t13-/m0/s1. The van der Waals surface area contributed by atoms with Gasteiger partial charge >= 0.3 is 0 Å². The van der Waals surface area contributed by atoms with Crippen LogP contribution in [-0.2, 0) is 6.42 Å². The average Bonchev–Trinajstić information content (AvgIpc) is 3.22. The van der Waals surface area contributed by atoms with Crippen molar-refractivity contribution in [2.75, 3.05) is 6.54 Å². The minimum atomic E-state index is -0.913. The number of aromatic amines is 1. The molecule has 4 N–H and O–H groups in total. The number of carbonyl (C=O) groups excluding carboxylic acids is 1. The molecule has 0 saturated carbocycles. The number of nitrogens with two attached hydrogens (primary N) is 1. The number of thiophene rings is 1. The first-order valence-corrected chi connectivity index (χ1v) is 9.26. The van der Waals surface area contributed by atoms with Crippen molar-refractivity contribution in [1.82, 2.24) is 15.5 Å². The second kappa shape index (κ2) is 7.98. The fourth-order valence-corrected chi connectivity index (χ4v) is 3.98. The van der Waals surface area contributed by atoms with Gasteiger partial charge in [-0.1, -0.05) is 6.07 Å². The number of amides is 1. The lowest BCUT2D eigenvalue weighted by Gasteiger charge is -2.16. The molecule has 3 aromatic rings. The fourth-order valence-electron chi connectivity index (χ4n) is 2.84. The molecule has 0 saturated heterocycles. The highest BCUT2D eigenvalue weighted by molar-refractivity contribution is 7.17. The predicted molar refractivity (Wildman–Crippen MR) is 102 cm³/mol. The molecule has 1 atom stereocenters. The quantitative estimate of drug-likeness (QED) is 0.604. The Balaban J connectivity index is 1.73. The SMILES string of the molecule is Cc1cc(C(=O)N[C@H](CN)Cc2ccc(F)c(F)c2)sc1-c1cn[nH]c1C. The first kappa shape index (κ1) is 19.2. The zero-order chi connectivity index (χ0) is 19.6. The maximum absolute atomic E-state index is 13.4. The molecule has 8 heteroatoms.